The maximum Gasteiger partial charge on any atom is 0.695 e. The first kappa shape index (κ1) is 52.6. The molecule has 1 aliphatic heterocycles. The number of ether oxygens (including phenoxy) is 4. The van der Waals surface area contributed by atoms with E-state index in [0.29, 0.717) is 11.5 Å². The number of benzene rings is 3. The van der Waals surface area contributed by atoms with E-state index >= 15 is 4.39 Å². The molecule has 8 rings (SSSR count). The Bertz CT molecular complexity index is 3250. The van der Waals surface area contributed by atoms with E-state index in [-0.39, 0.29) is 66.9 Å². The van der Waals surface area contributed by atoms with Gasteiger partial charge in [-0.25, -0.2) is 19.3 Å². The predicted molar refractivity (Wildman–Crippen MR) is 263 cm³/mol. The Hall–Kier alpha value is -6.68. The topological polar surface area (TPSA) is 291 Å². The molecule has 2 unspecified atom stereocenters. The van der Waals surface area contributed by atoms with Crippen molar-refractivity contribution in [3.05, 3.63) is 135 Å². The number of fused-ring (bicyclic) bond motifs is 2. The van der Waals surface area contributed by atoms with Gasteiger partial charge in [0.15, 0.2) is 40.8 Å². The van der Waals surface area contributed by atoms with Gasteiger partial charge in [0, 0.05) is 17.0 Å². The van der Waals surface area contributed by atoms with Crippen LogP contribution in [0.2, 0.25) is 0 Å². The van der Waals surface area contributed by atoms with E-state index < -0.39 is 74.7 Å². The van der Waals surface area contributed by atoms with Crippen LogP contribution in [0.25, 0.3) is 22.3 Å². The third-order valence-electron chi connectivity index (χ3n) is 11.6. The number of carbonyl (C=O) groups is 1. The molecule has 0 spiro atoms. The summed E-state index contributed by atoms with van der Waals surface area (Å²) in [5.41, 5.74) is -0.497. The van der Waals surface area contributed by atoms with Gasteiger partial charge in [0.05, 0.1) is 59.2 Å². The van der Waals surface area contributed by atoms with Crippen molar-refractivity contribution in [3.8, 4) is 17.6 Å². The lowest BCUT2D eigenvalue weighted by Crippen LogP contribution is -2.33. The first-order chi connectivity index (χ1) is 35.2. The Morgan fingerprint density at radius 3 is 2.23 bits per heavy atom. The number of nitriles is 1. The standard InChI is InChI=1S/C46H47FN10O13P2S/c1-27(2)41(58)54-45-53-40-36(43(60)55-45)51-26-57(40)44-38(70-71(61)62)35(47)33(69-44)23-68-72(73,66-21-8-19-48)67-22-20-56-34(52-37-39(56)49-25-50-42(37)59)24-65-46(28-9-6-5-7-10-28,29-11-15-31(63-3)16-12-29)30-13-17-32(64-4)18-14-30/h5-7,9-18,25-27,33,35,38,44H,8,20-24H2,1-4H3,(H3-,49,50,53,54,55,58,59,60,61,62)/p+1/t33-,35-,38-,44-,72?/m1/s1. The maximum atomic E-state index is 16.4. The minimum Gasteiger partial charge on any atom is -0.497 e. The van der Waals surface area contributed by atoms with Crippen molar-refractivity contribution in [2.75, 3.05) is 39.4 Å². The summed E-state index contributed by atoms with van der Waals surface area (Å²) in [5, 5.41) is 11.8. The zero-order valence-corrected chi connectivity index (χ0v) is 42.1. The van der Waals surface area contributed by atoms with Crippen molar-refractivity contribution in [2.24, 2.45) is 5.92 Å². The Morgan fingerprint density at radius 2 is 1.60 bits per heavy atom. The number of hydrogen-bond acceptors (Lipinski definition) is 18. The number of alkyl halides is 1. The molecule has 6 atom stereocenters. The van der Waals surface area contributed by atoms with Crippen molar-refractivity contribution in [1.29, 1.82) is 5.26 Å². The van der Waals surface area contributed by atoms with E-state index in [1.807, 2.05) is 84.9 Å². The van der Waals surface area contributed by atoms with E-state index in [1.165, 1.54) is 6.33 Å². The zero-order chi connectivity index (χ0) is 51.9. The van der Waals surface area contributed by atoms with Gasteiger partial charge in [-0.05, 0) is 52.8 Å². The Morgan fingerprint density at radius 1 is 0.945 bits per heavy atom. The summed E-state index contributed by atoms with van der Waals surface area (Å²) in [5.74, 6) is 0.342. The number of carbonyl (C=O) groups excluding carboxylic acids is 1. The highest BCUT2D eigenvalue weighted by molar-refractivity contribution is 8.07. The molecule has 1 fully saturated rings. The normalized spacial score (nSPS) is 17.9. The van der Waals surface area contributed by atoms with Gasteiger partial charge in [-0.15, -0.1) is 9.42 Å². The summed E-state index contributed by atoms with van der Waals surface area (Å²) in [7, 11) is -0.260. The lowest BCUT2D eigenvalue weighted by atomic mass is 9.80. The highest BCUT2D eigenvalue weighted by Gasteiger charge is 2.52. The second kappa shape index (κ2) is 23.0. The number of nitrogens with one attached hydrogen (secondary N) is 3. The molecular weight excluding hydrogens is 1010 g/mol. The van der Waals surface area contributed by atoms with E-state index in [2.05, 4.69) is 30.2 Å². The highest BCUT2D eigenvalue weighted by atomic mass is 32.5. The number of rotatable bonds is 23. The van der Waals surface area contributed by atoms with Gasteiger partial charge in [-0.3, -0.25) is 29.3 Å². The summed E-state index contributed by atoms with van der Waals surface area (Å²) in [6.45, 7) is -2.08. The van der Waals surface area contributed by atoms with E-state index in [9.17, 15) is 29.1 Å². The van der Waals surface area contributed by atoms with Gasteiger partial charge in [-0.1, -0.05) is 68.4 Å². The molecule has 3 aromatic carbocycles. The number of methoxy groups -OCH3 is 2. The zero-order valence-electron chi connectivity index (χ0n) is 39.4. The van der Waals surface area contributed by atoms with Crippen LogP contribution >= 0.6 is 15.0 Å². The molecule has 0 aliphatic carbocycles. The van der Waals surface area contributed by atoms with Crippen molar-refractivity contribution in [3.63, 3.8) is 0 Å². The highest BCUT2D eigenvalue weighted by Crippen LogP contribution is 2.51. The molecule has 0 bridgehead atoms. The Balaban J connectivity index is 1.06. The van der Waals surface area contributed by atoms with Gasteiger partial charge in [0.1, 0.15) is 35.6 Å². The van der Waals surface area contributed by atoms with Crippen LogP contribution in [0, 0.1) is 17.2 Å². The lowest BCUT2D eigenvalue weighted by Gasteiger charge is -2.36. The summed E-state index contributed by atoms with van der Waals surface area (Å²) < 4.78 is 78.4. The number of aromatic nitrogens is 8. The van der Waals surface area contributed by atoms with Crippen molar-refractivity contribution < 1.29 is 55.7 Å². The largest absolute Gasteiger partial charge is 0.695 e. The van der Waals surface area contributed by atoms with Crippen molar-refractivity contribution in [2.45, 2.75) is 63.6 Å². The number of H-pyrrole nitrogens is 2. The third-order valence-corrected chi connectivity index (χ3v) is 14.4. The molecule has 0 saturated carbocycles. The molecule has 1 aliphatic rings. The number of anilines is 1. The molecule has 7 aromatic rings. The molecule has 27 heteroatoms. The first-order valence-electron chi connectivity index (χ1n) is 22.4. The van der Waals surface area contributed by atoms with Gasteiger partial charge >= 0.3 is 15.0 Å². The summed E-state index contributed by atoms with van der Waals surface area (Å²) >= 11 is 5.79. The van der Waals surface area contributed by atoms with Crippen LogP contribution in [0.15, 0.2) is 101 Å². The molecule has 382 valence electrons. The van der Waals surface area contributed by atoms with E-state index in [1.54, 1.807) is 32.6 Å². The maximum absolute atomic E-state index is 16.4. The number of halogens is 1. The van der Waals surface area contributed by atoms with Crippen molar-refractivity contribution in [1.82, 2.24) is 39.0 Å². The van der Waals surface area contributed by atoms with Crippen LogP contribution in [0.1, 0.15) is 49.0 Å². The summed E-state index contributed by atoms with van der Waals surface area (Å²) in [6, 6.07) is 26.4. The third kappa shape index (κ3) is 11.4. The Labute approximate surface area is 420 Å². The van der Waals surface area contributed by atoms with Crippen molar-refractivity contribution >= 4 is 61.0 Å². The number of aromatic amines is 2. The molecule has 4 N–H and O–H groups in total. The minimum atomic E-state index is -3.91. The fourth-order valence-corrected chi connectivity index (χ4v) is 10.2. The smallest absolute Gasteiger partial charge is 0.497 e. The Kier molecular flexibility index (Phi) is 16.6. The summed E-state index contributed by atoms with van der Waals surface area (Å²) in [4.78, 5) is 70.8. The molecule has 1 amide bonds. The van der Waals surface area contributed by atoms with E-state index in [0.717, 1.165) is 27.6 Å². The number of nitrogens with zero attached hydrogens (tertiary/aromatic N) is 7. The first-order valence-corrected chi connectivity index (χ1v) is 26.1. The van der Waals surface area contributed by atoms with Gasteiger partial charge in [0.2, 0.25) is 11.9 Å². The minimum absolute atomic E-state index is 0.00611. The molecule has 1 saturated heterocycles. The van der Waals surface area contributed by atoms with E-state index in [4.69, 9.17) is 53.8 Å². The molecular formula is C46H48FN10O13P2S+. The van der Waals surface area contributed by atoms with Crippen LogP contribution in [-0.2, 0) is 67.5 Å². The quantitative estimate of drug-likeness (QED) is 0.0333. The molecule has 4 aromatic heterocycles. The average molecular weight is 1060 g/mol. The van der Waals surface area contributed by atoms with Gasteiger partial charge < -0.3 is 42.1 Å². The van der Waals surface area contributed by atoms with Crippen LogP contribution in [0.3, 0.4) is 0 Å². The fourth-order valence-electron chi connectivity index (χ4n) is 8.01. The fraction of sp³-hybridized carbons (Fsp3) is 0.348. The molecule has 5 heterocycles. The second-order valence-corrected chi connectivity index (χ2v) is 20.1. The molecule has 23 nitrogen and oxygen atoms in total. The van der Waals surface area contributed by atoms with Crippen LogP contribution in [-0.4, -0.2) is 102 Å². The SMILES string of the molecule is COc1ccc(C(OCc2nc3c(=O)[nH]cnc3n2CCOP(=S)(OCCC#N)OC[C@H]2O[C@@H](n3cnc4c(=O)[nH]c(NC(=O)C(C)C)nc43)[C@H](O[P+](=O)O)[C@@H]2F)(c2ccccc2)c2ccc(OC)cc2)cc1. The molecule has 73 heavy (non-hydrogen) atoms. The summed E-state index contributed by atoms with van der Waals surface area (Å²) in [6.07, 6.45) is -4.86. The number of hydrogen-bond donors (Lipinski definition) is 4. The lowest BCUT2D eigenvalue weighted by molar-refractivity contribution is -0.118. The molecule has 0 radical (unpaired) electrons. The van der Waals surface area contributed by atoms with Gasteiger partial charge in [-0.2, -0.15) is 10.2 Å². The van der Waals surface area contributed by atoms with Gasteiger partial charge in [0.25, 0.3) is 11.1 Å². The van der Waals surface area contributed by atoms with Crippen LogP contribution in [0.5, 0.6) is 11.5 Å². The monoisotopic (exact) mass is 1060 g/mol. The van der Waals surface area contributed by atoms with Crippen LogP contribution < -0.4 is 25.9 Å². The van der Waals surface area contributed by atoms with Crippen LogP contribution in [0.4, 0.5) is 10.3 Å². The predicted octanol–water partition coefficient (Wildman–Crippen LogP) is 5.83. The number of imidazole rings is 2. The average Bonchev–Trinajstić information content (AvgIpc) is 4.07. The second-order valence-electron chi connectivity index (χ2n) is 16.4. The number of amides is 1.